The van der Waals surface area contributed by atoms with Crippen molar-refractivity contribution in [1.29, 1.82) is 0 Å². The second kappa shape index (κ2) is 4.33. The van der Waals surface area contributed by atoms with Gasteiger partial charge in [-0.1, -0.05) is 13.0 Å². The van der Waals surface area contributed by atoms with Gasteiger partial charge >= 0.3 is 0 Å². The van der Waals surface area contributed by atoms with Gasteiger partial charge in [-0.15, -0.1) is 11.8 Å². The fraction of sp³-hybridized carbons (Fsp3) is 0.333. The van der Waals surface area contributed by atoms with E-state index in [1.54, 1.807) is 23.9 Å². The Morgan fingerprint density at radius 1 is 1.57 bits per heavy atom. The number of nitrogens with two attached hydrogens (primary N) is 1. The predicted molar refractivity (Wildman–Crippen MR) is 61.1 cm³/mol. The van der Waals surface area contributed by atoms with Gasteiger partial charge < -0.3 is 0 Å². The summed E-state index contributed by atoms with van der Waals surface area (Å²) in [6.45, 7) is 2.01. The molecule has 0 aromatic carbocycles. The van der Waals surface area contributed by atoms with Crippen molar-refractivity contribution < 1.29 is 8.42 Å². The van der Waals surface area contributed by atoms with Crippen LogP contribution in [0.4, 0.5) is 0 Å². The minimum Gasteiger partial charge on any atom is -0.225 e. The molecular formula is C9H13NO2S2. The minimum absolute atomic E-state index is 0.177. The Kier molecular flexibility index (Phi) is 3.58. The molecule has 0 spiro atoms. The summed E-state index contributed by atoms with van der Waals surface area (Å²) in [6, 6.07) is 0. The molecule has 0 saturated heterocycles. The van der Waals surface area contributed by atoms with E-state index in [2.05, 4.69) is 0 Å². The Morgan fingerprint density at radius 2 is 2.21 bits per heavy atom. The number of hydrogen-bond acceptors (Lipinski definition) is 3. The fourth-order valence-corrected chi connectivity index (χ4v) is 2.27. The predicted octanol–water partition coefficient (Wildman–Crippen LogP) is 1.61. The molecule has 78 valence electrons. The molecule has 5 heteroatoms. The van der Waals surface area contributed by atoms with Gasteiger partial charge in [0, 0.05) is 0 Å². The van der Waals surface area contributed by atoms with Crippen molar-refractivity contribution in [2.75, 3.05) is 6.26 Å². The highest BCUT2D eigenvalue weighted by molar-refractivity contribution is 8.01. The third-order valence-corrected chi connectivity index (χ3v) is 3.39. The lowest BCUT2D eigenvalue weighted by atomic mass is 9.98. The van der Waals surface area contributed by atoms with Gasteiger partial charge in [0.15, 0.2) is 0 Å². The summed E-state index contributed by atoms with van der Waals surface area (Å²) in [4.78, 5) is 0.177. The van der Waals surface area contributed by atoms with E-state index in [0.29, 0.717) is 0 Å². The van der Waals surface area contributed by atoms with Gasteiger partial charge in [-0.25, -0.2) is 13.6 Å². The number of rotatable bonds is 2. The lowest BCUT2D eigenvalue weighted by Gasteiger charge is -2.14. The molecule has 0 radical (unpaired) electrons. The second-order valence-corrected chi connectivity index (χ2v) is 5.36. The molecule has 0 aromatic rings. The molecule has 0 aromatic heterocycles. The molecular weight excluding hydrogens is 218 g/mol. The molecule has 0 saturated carbocycles. The van der Waals surface area contributed by atoms with Crippen LogP contribution in [-0.4, -0.2) is 14.7 Å². The van der Waals surface area contributed by atoms with Gasteiger partial charge in [-0.05, 0) is 35.3 Å². The van der Waals surface area contributed by atoms with Crippen molar-refractivity contribution in [3.8, 4) is 0 Å². The van der Waals surface area contributed by atoms with Crippen molar-refractivity contribution in [3.05, 3.63) is 34.1 Å². The molecule has 0 fully saturated rings. The summed E-state index contributed by atoms with van der Waals surface area (Å²) in [5, 5.41) is 6.96. The van der Waals surface area contributed by atoms with E-state index in [4.69, 9.17) is 5.14 Å². The monoisotopic (exact) mass is 231 g/mol. The van der Waals surface area contributed by atoms with Crippen LogP contribution in [0, 0.1) is 5.92 Å². The van der Waals surface area contributed by atoms with Crippen LogP contribution in [-0.2, 0) is 10.0 Å². The summed E-state index contributed by atoms with van der Waals surface area (Å²) in [5.41, 5.74) is 0.976. The average Bonchev–Trinajstić information content (AvgIpc) is 2.07. The van der Waals surface area contributed by atoms with Crippen molar-refractivity contribution in [1.82, 2.24) is 0 Å². The molecule has 0 amide bonds. The molecule has 0 heterocycles. The standard InChI is InChI=1S/C9H13NO2S2/c1-7-3-4-9(14(10,11)12)5-8(7)6-13-2/h3-7H,1-2H3,(H2,10,11,12). The zero-order chi connectivity index (χ0) is 10.8. The molecule has 1 aliphatic rings. The van der Waals surface area contributed by atoms with Gasteiger partial charge in [0.2, 0.25) is 10.0 Å². The lowest BCUT2D eigenvalue weighted by Crippen LogP contribution is -2.15. The molecule has 1 aliphatic carbocycles. The highest BCUT2D eigenvalue weighted by atomic mass is 32.2. The molecule has 1 rings (SSSR count). The Hall–Kier alpha value is -0.520. The third kappa shape index (κ3) is 2.73. The van der Waals surface area contributed by atoms with Gasteiger partial charge in [-0.3, -0.25) is 0 Å². The maximum Gasteiger partial charge on any atom is 0.238 e. The Bertz CT molecular complexity index is 405. The first kappa shape index (κ1) is 11.6. The summed E-state index contributed by atoms with van der Waals surface area (Å²) in [7, 11) is -3.58. The van der Waals surface area contributed by atoms with E-state index in [1.165, 1.54) is 0 Å². The minimum atomic E-state index is -3.58. The normalized spacial score (nSPS) is 25.2. The van der Waals surface area contributed by atoms with E-state index >= 15 is 0 Å². The van der Waals surface area contributed by atoms with Crippen LogP contribution in [0.2, 0.25) is 0 Å². The van der Waals surface area contributed by atoms with Gasteiger partial charge in [0.1, 0.15) is 0 Å². The van der Waals surface area contributed by atoms with E-state index in [9.17, 15) is 8.42 Å². The number of allylic oxidation sites excluding steroid dienone is 4. The van der Waals surface area contributed by atoms with Crippen LogP contribution >= 0.6 is 11.8 Å². The van der Waals surface area contributed by atoms with Crippen LogP contribution < -0.4 is 5.14 Å². The zero-order valence-electron chi connectivity index (χ0n) is 8.10. The molecule has 1 unspecified atom stereocenters. The topological polar surface area (TPSA) is 60.2 Å². The molecule has 1 atom stereocenters. The first-order chi connectivity index (χ1) is 6.45. The van der Waals surface area contributed by atoms with E-state index in [-0.39, 0.29) is 10.8 Å². The van der Waals surface area contributed by atoms with Crippen molar-refractivity contribution in [2.24, 2.45) is 11.1 Å². The van der Waals surface area contributed by atoms with Crippen LogP contribution in [0.1, 0.15) is 6.92 Å². The third-order valence-electron chi connectivity index (χ3n) is 1.97. The van der Waals surface area contributed by atoms with Crippen LogP contribution in [0.15, 0.2) is 34.1 Å². The first-order valence-corrected chi connectivity index (χ1v) is 6.94. The Morgan fingerprint density at radius 3 is 2.71 bits per heavy atom. The quantitative estimate of drug-likeness (QED) is 0.785. The molecule has 0 bridgehead atoms. The molecule has 3 nitrogen and oxygen atoms in total. The van der Waals surface area contributed by atoms with E-state index in [0.717, 1.165) is 5.57 Å². The number of primary sulfonamides is 1. The number of thioether (sulfide) groups is 1. The SMILES string of the molecule is CSC=C1C=C(S(N)(=O)=O)C=CC1C. The molecule has 2 N–H and O–H groups in total. The largest absolute Gasteiger partial charge is 0.238 e. The first-order valence-electron chi connectivity index (χ1n) is 4.10. The summed E-state index contributed by atoms with van der Waals surface area (Å²) in [5.74, 6) is 0.243. The zero-order valence-corrected chi connectivity index (χ0v) is 9.73. The van der Waals surface area contributed by atoms with Gasteiger partial charge in [-0.2, -0.15) is 0 Å². The van der Waals surface area contributed by atoms with Crippen LogP contribution in [0.3, 0.4) is 0 Å². The van der Waals surface area contributed by atoms with Crippen LogP contribution in [0.25, 0.3) is 0 Å². The van der Waals surface area contributed by atoms with Crippen molar-refractivity contribution >= 4 is 21.8 Å². The molecule has 0 aliphatic heterocycles. The van der Waals surface area contributed by atoms with E-state index in [1.807, 2.05) is 24.7 Å². The van der Waals surface area contributed by atoms with Crippen molar-refractivity contribution in [2.45, 2.75) is 6.92 Å². The highest BCUT2D eigenvalue weighted by Gasteiger charge is 2.15. The Labute approximate surface area is 88.8 Å². The maximum atomic E-state index is 11.1. The lowest BCUT2D eigenvalue weighted by molar-refractivity contribution is 0.604. The smallest absolute Gasteiger partial charge is 0.225 e. The molecule has 14 heavy (non-hydrogen) atoms. The number of hydrogen-bond donors (Lipinski definition) is 1. The van der Waals surface area contributed by atoms with Gasteiger partial charge in [0.05, 0.1) is 4.91 Å². The number of sulfonamides is 1. The average molecular weight is 231 g/mol. The van der Waals surface area contributed by atoms with Gasteiger partial charge in [0.25, 0.3) is 0 Å². The highest BCUT2D eigenvalue weighted by Crippen LogP contribution is 2.25. The summed E-state index contributed by atoms with van der Waals surface area (Å²) < 4.78 is 22.1. The fourth-order valence-electron chi connectivity index (χ4n) is 1.15. The van der Waals surface area contributed by atoms with Crippen LogP contribution in [0.5, 0.6) is 0 Å². The second-order valence-electron chi connectivity index (χ2n) is 3.09. The summed E-state index contributed by atoms with van der Waals surface area (Å²) >= 11 is 1.55. The van der Waals surface area contributed by atoms with E-state index < -0.39 is 10.0 Å². The maximum absolute atomic E-state index is 11.1. The Balaban J connectivity index is 3.09. The summed E-state index contributed by atoms with van der Waals surface area (Å²) in [6.07, 6.45) is 6.94. The van der Waals surface area contributed by atoms with Crippen molar-refractivity contribution in [3.63, 3.8) is 0 Å².